The van der Waals surface area contributed by atoms with E-state index in [4.69, 9.17) is 4.74 Å². The Morgan fingerprint density at radius 2 is 1.84 bits per heavy atom. The number of rotatable bonds is 5. The molecule has 0 aromatic heterocycles. The van der Waals surface area contributed by atoms with Gasteiger partial charge in [-0.2, -0.15) is 0 Å². The summed E-state index contributed by atoms with van der Waals surface area (Å²) < 4.78 is 44.4. The first-order chi connectivity index (χ1) is 9.08. The van der Waals surface area contributed by atoms with Crippen molar-refractivity contribution in [3.63, 3.8) is 0 Å². The maximum Gasteiger partial charge on any atom is 0.240 e. The lowest BCUT2D eigenvalue weighted by atomic mass is 9.97. The van der Waals surface area contributed by atoms with E-state index >= 15 is 0 Å². The number of hydrogen-bond acceptors (Lipinski definition) is 3. The Morgan fingerprint density at radius 1 is 1.21 bits per heavy atom. The fourth-order valence-electron chi connectivity index (χ4n) is 2.13. The zero-order chi connectivity index (χ0) is 13.7. The lowest BCUT2D eigenvalue weighted by Crippen LogP contribution is -2.27. The van der Waals surface area contributed by atoms with Gasteiger partial charge in [0.15, 0.2) is 0 Å². The third-order valence-corrected chi connectivity index (χ3v) is 4.79. The maximum atomic E-state index is 12.7. The van der Waals surface area contributed by atoms with E-state index < -0.39 is 15.8 Å². The highest BCUT2D eigenvalue weighted by Gasteiger charge is 2.17. The van der Waals surface area contributed by atoms with Crippen molar-refractivity contribution in [3.05, 3.63) is 30.1 Å². The number of nitrogens with one attached hydrogen (secondary N) is 1. The second kappa shape index (κ2) is 6.45. The molecule has 1 N–H and O–H groups in total. The smallest absolute Gasteiger partial charge is 0.240 e. The van der Waals surface area contributed by atoms with Crippen LogP contribution in [0, 0.1) is 11.7 Å². The summed E-state index contributed by atoms with van der Waals surface area (Å²) in [6.45, 7) is 1.93. The molecule has 1 aliphatic rings. The van der Waals surface area contributed by atoms with Crippen LogP contribution in [-0.2, 0) is 14.8 Å². The van der Waals surface area contributed by atoms with Gasteiger partial charge in [0.2, 0.25) is 10.0 Å². The monoisotopic (exact) mass is 287 g/mol. The van der Waals surface area contributed by atoms with E-state index in [1.807, 2.05) is 0 Å². The Kier molecular flexibility index (Phi) is 4.90. The second-order valence-electron chi connectivity index (χ2n) is 4.70. The predicted octanol–water partition coefficient (Wildman–Crippen LogP) is 1.92. The molecule has 1 heterocycles. The summed E-state index contributed by atoms with van der Waals surface area (Å²) >= 11 is 0. The molecule has 0 unspecified atom stereocenters. The van der Waals surface area contributed by atoms with Crippen LogP contribution in [-0.4, -0.2) is 28.2 Å². The third-order valence-electron chi connectivity index (χ3n) is 3.31. The summed E-state index contributed by atoms with van der Waals surface area (Å²) in [5.74, 6) is 0.0748. The van der Waals surface area contributed by atoms with Crippen LogP contribution in [0.25, 0.3) is 0 Å². The van der Waals surface area contributed by atoms with E-state index in [9.17, 15) is 12.8 Å². The Labute approximate surface area is 113 Å². The topological polar surface area (TPSA) is 55.4 Å². The van der Waals surface area contributed by atoms with Gasteiger partial charge in [-0.25, -0.2) is 17.5 Å². The van der Waals surface area contributed by atoms with Crippen molar-refractivity contribution < 1.29 is 17.5 Å². The molecule has 2 rings (SSSR count). The van der Waals surface area contributed by atoms with Gasteiger partial charge < -0.3 is 4.74 Å². The zero-order valence-electron chi connectivity index (χ0n) is 10.6. The van der Waals surface area contributed by atoms with Gasteiger partial charge in [-0.1, -0.05) is 0 Å². The molecule has 0 bridgehead atoms. The summed E-state index contributed by atoms with van der Waals surface area (Å²) in [4.78, 5) is 0.0980. The minimum Gasteiger partial charge on any atom is -0.381 e. The number of halogens is 1. The summed E-state index contributed by atoms with van der Waals surface area (Å²) in [5.41, 5.74) is 0. The molecule has 0 amide bonds. The van der Waals surface area contributed by atoms with E-state index in [-0.39, 0.29) is 4.90 Å². The minimum atomic E-state index is -3.53. The summed E-state index contributed by atoms with van der Waals surface area (Å²) in [7, 11) is -3.53. The largest absolute Gasteiger partial charge is 0.381 e. The molecule has 1 saturated heterocycles. The lowest BCUT2D eigenvalue weighted by molar-refractivity contribution is 0.0644. The first-order valence-corrected chi connectivity index (χ1v) is 7.89. The fourth-order valence-corrected chi connectivity index (χ4v) is 3.18. The Morgan fingerprint density at radius 3 is 2.47 bits per heavy atom. The van der Waals surface area contributed by atoms with Gasteiger partial charge in [-0.15, -0.1) is 0 Å². The summed E-state index contributed by atoms with van der Waals surface area (Å²) in [6, 6.07) is 4.83. The Bertz CT molecular complexity index is 495. The van der Waals surface area contributed by atoms with Crippen molar-refractivity contribution in [3.8, 4) is 0 Å². The molecule has 0 radical (unpaired) electrons. The number of sulfonamides is 1. The molecular weight excluding hydrogens is 269 g/mol. The summed E-state index contributed by atoms with van der Waals surface area (Å²) in [5, 5.41) is 0. The van der Waals surface area contributed by atoms with Gasteiger partial charge >= 0.3 is 0 Å². The molecule has 1 aliphatic heterocycles. The van der Waals surface area contributed by atoms with E-state index in [0.717, 1.165) is 44.6 Å². The number of benzene rings is 1. The van der Waals surface area contributed by atoms with E-state index in [0.29, 0.717) is 12.5 Å². The van der Waals surface area contributed by atoms with E-state index in [2.05, 4.69) is 4.72 Å². The SMILES string of the molecule is O=S(=O)(NCCC1CCOCC1)c1ccc(F)cc1. The molecule has 4 nitrogen and oxygen atoms in total. The maximum absolute atomic E-state index is 12.7. The normalized spacial score (nSPS) is 17.5. The van der Waals surface area contributed by atoms with Crippen molar-refractivity contribution in [1.82, 2.24) is 4.72 Å². The molecule has 0 saturated carbocycles. The van der Waals surface area contributed by atoms with Crippen molar-refractivity contribution in [2.24, 2.45) is 5.92 Å². The quantitative estimate of drug-likeness (QED) is 0.900. The molecule has 6 heteroatoms. The van der Waals surface area contributed by atoms with Crippen LogP contribution >= 0.6 is 0 Å². The van der Waals surface area contributed by atoms with Crippen molar-refractivity contribution in [2.45, 2.75) is 24.2 Å². The van der Waals surface area contributed by atoms with Crippen LogP contribution in [0.3, 0.4) is 0 Å². The molecule has 0 aliphatic carbocycles. The van der Waals surface area contributed by atoms with Crippen LogP contribution in [0.4, 0.5) is 4.39 Å². The van der Waals surface area contributed by atoms with Gasteiger partial charge in [-0.05, 0) is 49.4 Å². The van der Waals surface area contributed by atoms with Crippen molar-refractivity contribution in [1.29, 1.82) is 0 Å². The van der Waals surface area contributed by atoms with Gasteiger partial charge in [0, 0.05) is 19.8 Å². The molecule has 1 aromatic rings. The highest BCUT2D eigenvalue weighted by molar-refractivity contribution is 7.89. The van der Waals surface area contributed by atoms with Gasteiger partial charge in [0.1, 0.15) is 5.82 Å². The standard InChI is InChI=1S/C13H18FNO3S/c14-12-1-3-13(4-2-12)19(16,17)15-8-5-11-6-9-18-10-7-11/h1-4,11,15H,5-10H2. The van der Waals surface area contributed by atoms with Crippen LogP contribution in [0.2, 0.25) is 0 Å². The number of hydrogen-bond donors (Lipinski definition) is 1. The van der Waals surface area contributed by atoms with Crippen LogP contribution < -0.4 is 4.72 Å². The first kappa shape index (κ1) is 14.4. The fraction of sp³-hybridized carbons (Fsp3) is 0.538. The van der Waals surface area contributed by atoms with Crippen LogP contribution in [0.5, 0.6) is 0 Å². The highest BCUT2D eigenvalue weighted by Crippen LogP contribution is 2.18. The average molecular weight is 287 g/mol. The summed E-state index contributed by atoms with van der Waals surface area (Å²) in [6.07, 6.45) is 2.78. The van der Waals surface area contributed by atoms with Crippen LogP contribution in [0.1, 0.15) is 19.3 Å². The van der Waals surface area contributed by atoms with Gasteiger partial charge in [0.25, 0.3) is 0 Å². The molecule has 19 heavy (non-hydrogen) atoms. The van der Waals surface area contributed by atoms with Gasteiger partial charge in [-0.3, -0.25) is 0 Å². The molecule has 1 aromatic carbocycles. The van der Waals surface area contributed by atoms with Crippen molar-refractivity contribution >= 4 is 10.0 Å². The molecule has 0 spiro atoms. The predicted molar refractivity (Wildman–Crippen MR) is 69.7 cm³/mol. The first-order valence-electron chi connectivity index (χ1n) is 6.41. The molecular formula is C13H18FNO3S. The van der Waals surface area contributed by atoms with Gasteiger partial charge in [0.05, 0.1) is 4.90 Å². The van der Waals surface area contributed by atoms with E-state index in [1.54, 1.807) is 0 Å². The third kappa shape index (κ3) is 4.26. The second-order valence-corrected chi connectivity index (χ2v) is 6.46. The van der Waals surface area contributed by atoms with Crippen LogP contribution in [0.15, 0.2) is 29.2 Å². The zero-order valence-corrected chi connectivity index (χ0v) is 11.5. The Balaban J connectivity index is 1.85. The highest BCUT2D eigenvalue weighted by atomic mass is 32.2. The lowest BCUT2D eigenvalue weighted by Gasteiger charge is -2.21. The molecule has 1 fully saturated rings. The minimum absolute atomic E-state index is 0.0980. The number of ether oxygens (including phenoxy) is 1. The van der Waals surface area contributed by atoms with E-state index in [1.165, 1.54) is 12.1 Å². The molecule has 106 valence electrons. The van der Waals surface area contributed by atoms with Crippen molar-refractivity contribution in [2.75, 3.05) is 19.8 Å². The average Bonchev–Trinajstić information content (AvgIpc) is 2.40. The molecule has 0 atom stereocenters. The Hall–Kier alpha value is -0.980.